The monoisotopic (exact) mass is 380 g/mol. The quantitative estimate of drug-likeness (QED) is 0.800. The van der Waals surface area contributed by atoms with Gasteiger partial charge in [-0.05, 0) is 35.1 Å². The molecule has 1 heterocycles. The maximum absolute atomic E-state index is 9.79. The van der Waals surface area contributed by atoms with E-state index in [0.29, 0.717) is 10.8 Å². The summed E-state index contributed by atoms with van der Waals surface area (Å²) < 4.78 is 5.38. The van der Waals surface area contributed by atoms with E-state index in [9.17, 15) is 5.26 Å². The molecule has 0 amide bonds. The Morgan fingerprint density at radius 2 is 1.59 bits per heavy atom. The molecule has 0 spiro atoms. The Morgan fingerprint density at radius 1 is 0.966 bits per heavy atom. The molecule has 2 aromatic carbocycles. The SMILES string of the molecule is COc1ccc2c(c1)C(C)(C)/C(=C\C(C#N)=c1ccc(=C(C#N)C#N)cc1)N2C. The fourth-order valence-electron chi connectivity index (χ4n) is 3.69. The molecule has 0 saturated carbocycles. The van der Waals surface area contributed by atoms with Crippen molar-refractivity contribution in [3.8, 4) is 24.0 Å². The van der Waals surface area contributed by atoms with Crippen molar-refractivity contribution in [2.75, 3.05) is 19.1 Å². The van der Waals surface area contributed by atoms with Crippen LogP contribution < -0.4 is 20.1 Å². The lowest BCUT2D eigenvalue weighted by Gasteiger charge is -2.24. The van der Waals surface area contributed by atoms with E-state index in [1.807, 2.05) is 43.5 Å². The molecule has 0 unspecified atom stereocenters. The predicted molar refractivity (Wildman–Crippen MR) is 112 cm³/mol. The molecule has 0 aromatic heterocycles. The Hall–Kier alpha value is -4.01. The molecular weight excluding hydrogens is 360 g/mol. The van der Waals surface area contributed by atoms with E-state index in [1.54, 1.807) is 31.4 Å². The number of methoxy groups -OCH3 is 1. The third-order valence-electron chi connectivity index (χ3n) is 5.35. The minimum absolute atomic E-state index is 0.0504. The van der Waals surface area contributed by atoms with Crippen LogP contribution >= 0.6 is 0 Å². The Bertz CT molecular complexity index is 1220. The van der Waals surface area contributed by atoms with Crippen molar-refractivity contribution in [1.29, 1.82) is 15.8 Å². The van der Waals surface area contributed by atoms with Crippen molar-refractivity contribution in [3.63, 3.8) is 0 Å². The second kappa shape index (κ2) is 7.55. The fourth-order valence-corrected chi connectivity index (χ4v) is 3.69. The summed E-state index contributed by atoms with van der Waals surface area (Å²) in [5, 5.41) is 29.1. The Kier molecular flexibility index (Phi) is 5.14. The summed E-state index contributed by atoms with van der Waals surface area (Å²) in [6.45, 7) is 4.25. The molecule has 2 aromatic rings. The number of anilines is 1. The number of benzene rings is 2. The minimum atomic E-state index is -0.302. The van der Waals surface area contributed by atoms with Crippen LogP contribution in [-0.4, -0.2) is 14.2 Å². The van der Waals surface area contributed by atoms with Gasteiger partial charge in [-0.15, -0.1) is 0 Å². The highest BCUT2D eigenvalue weighted by molar-refractivity contribution is 5.78. The van der Waals surface area contributed by atoms with Crippen molar-refractivity contribution >= 4 is 16.8 Å². The first-order valence-corrected chi connectivity index (χ1v) is 9.06. The summed E-state index contributed by atoms with van der Waals surface area (Å²) in [5.74, 6) is 0.800. The summed E-state index contributed by atoms with van der Waals surface area (Å²) >= 11 is 0. The largest absolute Gasteiger partial charge is 0.497 e. The molecular formula is C24H20N4O. The molecule has 142 valence electrons. The number of nitriles is 3. The van der Waals surface area contributed by atoms with Crippen LogP contribution in [0.25, 0.3) is 11.1 Å². The standard InChI is InChI=1S/C24H20N4O/c1-24(2)21-12-20(29-4)9-10-22(21)28(3)23(24)11-18(13-25)16-5-7-17(8-6-16)19(14-26)15-27/h5-12H,1-4H3/b23-11+. The first-order valence-electron chi connectivity index (χ1n) is 9.06. The normalized spacial score (nSPS) is 15.1. The van der Waals surface area contributed by atoms with E-state index < -0.39 is 0 Å². The van der Waals surface area contributed by atoms with Gasteiger partial charge in [0, 0.05) is 29.1 Å². The van der Waals surface area contributed by atoms with Crippen LogP contribution in [0.1, 0.15) is 19.4 Å². The van der Waals surface area contributed by atoms with E-state index in [2.05, 4.69) is 24.8 Å². The van der Waals surface area contributed by atoms with Crippen molar-refractivity contribution in [1.82, 2.24) is 0 Å². The number of fused-ring (bicyclic) bond motifs is 1. The number of likely N-dealkylation sites (N-methyl/N-ethyl adjacent to an activating group) is 1. The molecule has 0 radical (unpaired) electrons. The Morgan fingerprint density at radius 3 is 2.14 bits per heavy atom. The summed E-state index contributed by atoms with van der Waals surface area (Å²) in [6, 6.07) is 18.9. The van der Waals surface area contributed by atoms with E-state index >= 15 is 0 Å². The van der Waals surface area contributed by atoms with Crippen LogP contribution in [0.5, 0.6) is 5.75 Å². The van der Waals surface area contributed by atoms with Crippen LogP contribution in [0.15, 0.2) is 54.2 Å². The molecule has 0 atom stereocenters. The van der Waals surface area contributed by atoms with Gasteiger partial charge in [0.2, 0.25) is 0 Å². The molecule has 29 heavy (non-hydrogen) atoms. The second-order valence-electron chi connectivity index (χ2n) is 7.30. The number of ether oxygens (including phenoxy) is 1. The molecule has 0 fully saturated rings. The molecule has 0 saturated heterocycles. The third-order valence-corrected chi connectivity index (χ3v) is 5.35. The van der Waals surface area contributed by atoms with Gasteiger partial charge in [0.05, 0.1) is 18.8 Å². The number of hydrogen-bond acceptors (Lipinski definition) is 5. The average Bonchev–Trinajstić information content (AvgIpc) is 2.93. The topological polar surface area (TPSA) is 83.8 Å². The minimum Gasteiger partial charge on any atom is -0.497 e. The van der Waals surface area contributed by atoms with E-state index in [1.165, 1.54) is 0 Å². The molecule has 0 N–H and O–H groups in total. The van der Waals surface area contributed by atoms with Gasteiger partial charge < -0.3 is 9.64 Å². The van der Waals surface area contributed by atoms with E-state index in [4.69, 9.17) is 15.3 Å². The second-order valence-corrected chi connectivity index (χ2v) is 7.30. The van der Waals surface area contributed by atoms with E-state index in [-0.39, 0.29) is 11.0 Å². The third kappa shape index (κ3) is 3.33. The Labute approximate surface area is 170 Å². The van der Waals surface area contributed by atoms with Gasteiger partial charge >= 0.3 is 0 Å². The number of nitrogens with zero attached hydrogens (tertiary/aromatic N) is 4. The maximum atomic E-state index is 9.79. The highest BCUT2D eigenvalue weighted by atomic mass is 16.5. The predicted octanol–water partition coefficient (Wildman–Crippen LogP) is 2.88. The zero-order valence-electron chi connectivity index (χ0n) is 16.8. The first kappa shape index (κ1) is 19.7. The zero-order chi connectivity index (χ0) is 21.2. The highest BCUT2D eigenvalue weighted by Gasteiger charge is 2.38. The van der Waals surface area contributed by atoms with Crippen molar-refractivity contribution in [2.45, 2.75) is 19.3 Å². The first-order chi connectivity index (χ1) is 13.9. The lowest BCUT2D eigenvalue weighted by Crippen LogP contribution is -2.23. The van der Waals surface area contributed by atoms with Gasteiger partial charge in [-0.25, -0.2) is 0 Å². The molecule has 1 aliphatic heterocycles. The van der Waals surface area contributed by atoms with Crippen molar-refractivity contribution in [3.05, 3.63) is 70.2 Å². The van der Waals surface area contributed by atoms with Gasteiger partial charge in [-0.1, -0.05) is 38.1 Å². The van der Waals surface area contributed by atoms with Crippen LogP contribution in [0.3, 0.4) is 0 Å². The van der Waals surface area contributed by atoms with Crippen molar-refractivity contribution < 1.29 is 4.74 Å². The van der Waals surface area contributed by atoms with Gasteiger partial charge in [0.1, 0.15) is 23.5 Å². The van der Waals surface area contributed by atoms with Crippen LogP contribution in [-0.2, 0) is 5.41 Å². The summed E-state index contributed by atoms with van der Waals surface area (Å²) in [7, 11) is 3.64. The molecule has 5 nitrogen and oxygen atoms in total. The lowest BCUT2D eigenvalue weighted by molar-refractivity contribution is 0.413. The molecule has 0 aliphatic carbocycles. The lowest BCUT2D eigenvalue weighted by atomic mass is 9.83. The fraction of sp³-hybridized carbons (Fsp3) is 0.208. The number of allylic oxidation sites excluding steroid dienone is 2. The summed E-state index contributed by atoms with van der Waals surface area (Å²) in [5.41, 5.74) is 3.49. The highest BCUT2D eigenvalue weighted by Crippen LogP contribution is 2.48. The van der Waals surface area contributed by atoms with Crippen LogP contribution in [0.2, 0.25) is 0 Å². The number of hydrogen-bond donors (Lipinski definition) is 0. The van der Waals surface area contributed by atoms with E-state index in [0.717, 1.165) is 27.9 Å². The van der Waals surface area contributed by atoms with Crippen LogP contribution in [0.4, 0.5) is 5.69 Å². The van der Waals surface area contributed by atoms with Gasteiger partial charge in [0.15, 0.2) is 0 Å². The summed E-state index contributed by atoms with van der Waals surface area (Å²) in [6.07, 6.45) is 1.90. The van der Waals surface area contributed by atoms with Gasteiger partial charge in [-0.3, -0.25) is 0 Å². The summed E-state index contributed by atoms with van der Waals surface area (Å²) in [4.78, 5) is 2.09. The van der Waals surface area contributed by atoms with Crippen molar-refractivity contribution in [2.24, 2.45) is 0 Å². The zero-order valence-corrected chi connectivity index (χ0v) is 16.8. The molecule has 3 rings (SSSR count). The average molecular weight is 380 g/mol. The molecule has 1 aliphatic rings. The van der Waals surface area contributed by atoms with Gasteiger partial charge in [-0.2, -0.15) is 15.8 Å². The number of rotatable bonds is 2. The smallest absolute Gasteiger partial charge is 0.136 e. The Balaban J connectivity index is 2.17. The van der Waals surface area contributed by atoms with Gasteiger partial charge in [0.25, 0.3) is 0 Å². The molecule has 5 heteroatoms. The molecule has 0 bridgehead atoms. The maximum Gasteiger partial charge on any atom is 0.136 e. The van der Waals surface area contributed by atoms with Crippen LogP contribution in [0, 0.1) is 34.0 Å².